The number of hydrogen-bond donors (Lipinski definition) is 0. The topological polar surface area (TPSA) is 64.4 Å². The van der Waals surface area contributed by atoms with Crippen molar-refractivity contribution in [2.75, 3.05) is 13.1 Å². The van der Waals surface area contributed by atoms with Gasteiger partial charge in [-0.3, -0.25) is 19.5 Å². The van der Waals surface area contributed by atoms with Crippen molar-refractivity contribution in [2.45, 2.75) is 33.0 Å². The molecule has 0 aliphatic carbocycles. The van der Waals surface area contributed by atoms with Gasteiger partial charge in [-0.2, -0.15) is 0 Å². The van der Waals surface area contributed by atoms with Crippen molar-refractivity contribution in [1.29, 1.82) is 0 Å². The number of nitrogens with zero attached hydrogens (tertiary/aromatic N) is 3. The predicted octanol–water partition coefficient (Wildman–Crippen LogP) is 3.85. The Labute approximate surface area is 189 Å². The van der Waals surface area contributed by atoms with Gasteiger partial charge in [-0.25, -0.2) is 0 Å². The average molecular weight is 482 g/mol. The first kappa shape index (κ1) is 21.5. The van der Waals surface area contributed by atoms with E-state index in [2.05, 4.69) is 32.7 Å². The monoisotopic (exact) mass is 481 g/mol. The molecule has 6 nitrogen and oxygen atoms in total. The van der Waals surface area contributed by atoms with E-state index >= 15 is 0 Å². The van der Waals surface area contributed by atoms with Gasteiger partial charge in [-0.15, -0.1) is 0 Å². The Kier molecular flexibility index (Phi) is 6.63. The molecule has 1 aromatic carbocycles. The molecule has 3 aromatic rings. The van der Waals surface area contributed by atoms with Crippen LogP contribution in [-0.4, -0.2) is 33.3 Å². The number of halogens is 1. The van der Waals surface area contributed by atoms with Crippen LogP contribution in [0.3, 0.4) is 0 Å². The van der Waals surface area contributed by atoms with E-state index in [9.17, 15) is 9.59 Å². The molecule has 0 N–H and O–H groups in total. The number of aromatic nitrogens is 2. The number of carbonyl (C=O) groups is 1. The maximum Gasteiger partial charge on any atom is 0.254 e. The van der Waals surface area contributed by atoms with Crippen LogP contribution >= 0.6 is 15.9 Å². The Morgan fingerprint density at radius 1 is 1.16 bits per heavy atom. The highest BCUT2D eigenvalue weighted by atomic mass is 79.9. The quantitative estimate of drug-likeness (QED) is 0.479. The minimum absolute atomic E-state index is 0.00363. The fourth-order valence-corrected chi connectivity index (χ4v) is 3.90. The van der Waals surface area contributed by atoms with Gasteiger partial charge in [0.15, 0.2) is 5.78 Å². The molecule has 0 amide bonds. The summed E-state index contributed by atoms with van der Waals surface area (Å²) in [6, 6.07) is 12.7. The van der Waals surface area contributed by atoms with Crippen molar-refractivity contribution in [3.8, 4) is 5.75 Å². The molecule has 3 heterocycles. The van der Waals surface area contributed by atoms with Gasteiger partial charge in [0.25, 0.3) is 5.56 Å². The highest BCUT2D eigenvalue weighted by molar-refractivity contribution is 9.10. The molecular weight excluding hydrogens is 458 g/mol. The summed E-state index contributed by atoms with van der Waals surface area (Å²) in [4.78, 5) is 31.9. The molecule has 1 aliphatic heterocycles. The number of rotatable bonds is 7. The smallest absolute Gasteiger partial charge is 0.254 e. The van der Waals surface area contributed by atoms with Crippen LogP contribution in [0.2, 0.25) is 0 Å². The highest BCUT2D eigenvalue weighted by Crippen LogP contribution is 2.21. The SMILES string of the molecule is CCN1CCc2ccc(C(=O)Cn3ccc(OCc4ccc(Br)cn4)cc3=O)cc2C1. The third kappa shape index (κ3) is 5.29. The number of ether oxygens (including phenoxy) is 1. The van der Waals surface area contributed by atoms with Crippen LogP contribution in [-0.2, 0) is 26.1 Å². The standard InChI is InChI=1S/C24H24BrN3O3/c1-2-27-9-7-17-3-4-18(11-19(17)14-27)23(29)15-28-10-8-22(12-24(28)30)31-16-21-6-5-20(25)13-26-21/h3-6,8,10-13H,2,7,9,14-16H2,1H3. The minimum atomic E-state index is -0.273. The fraction of sp³-hybridized carbons (Fsp3) is 0.292. The van der Waals surface area contributed by atoms with Crippen LogP contribution in [0.15, 0.2) is 64.1 Å². The van der Waals surface area contributed by atoms with Crippen molar-refractivity contribution in [2.24, 2.45) is 0 Å². The predicted molar refractivity (Wildman–Crippen MR) is 122 cm³/mol. The molecule has 4 rings (SSSR count). The van der Waals surface area contributed by atoms with E-state index in [0.29, 0.717) is 11.3 Å². The van der Waals surface area contributed by atoms with Crippen molar-refractivity contribution < 1.29 is 9.53 Å². The van der Waals surface area contributed by atoms with Crippen LogP contribution in [0, 0.1) is 0 Å². The van der Waals surface area contributed by atoms with Crippen LogP contribution < -0.4 is 10.3 Å². The molecule has 0 spiro atoms. The van der Waals surface area contributed by atoms with Gasteiger partial charge < -0.3 is 9.30 Å². The molecule has 0 saturated heterocycles. The summed E-state index contributed by atoms with van der Waals surface area (Å²) >= 11 is 3.34. The number of Topliss-reactive ketones (excluding diaryl/α,β-unsaturated/α-hetero) is 1. The summed E-state index contributed by atoms with van der Waals surface area (Å²) in [5, 5.41) is 0. The van der Waals surface area contributed by atoms with Gasteiger partial charge in [0.1, 0.15) is 12.4 Å². The highest BCUT2D eigenvalue weighted by Gasteiger charge is 2.17. The molecule has 160 valence electrons. The first-order valence-corrected chi connectivity index (χ1v) is 11.1. The van der Waals surface area contributed by atoms with E-state index in [1.165, 1.54) is 21.8 Å². The first-order valence-electron chi connectivity index (χ1n) is 10.3. The number of benzene rings is 1. The lowest BCUT2D eigenvalue weighted by Gasteiger charge is -2.27. The zero-order chi connectivity index (χ0) is 21.8. The largest absolute Gasteiger partial charge is 0.487 e. The second-order valence-corrected chi connectivity index (χ2v) is 8.53. The van der Waals surface area contributed by atoms with Gasteiger partial charge in [-0.1, -0.05) is 19.1 Å². The van der Waals surface area contributed by atoms with E-state index in [0.717, 1.165) is 36.2 Å². The van der Waals surface area contributed by atoms with E-state index in [-0.39, 0.29) is 24.5 Å². The molecule has 0 bridgehead atoms. The Morgan fingerprint density at radius 2 is 2.03 bits per heavy atom. The summed E-state index contributed by atoms with van der Waals surface area (Å²) in [6.45, 7) is 5.34. The number of carbonyl (C=O) groups excluding carboxylic acids is 1. The van der Waals surface area contributed by atoms with Crippen molar-refractivity contribution in [1.82, 2.24) is 14.5 Å². The third-order valence-electron chi connectivity index (χ3n) is 5.52. The Bertz CT molecular complexity index is 1140. The average Bonchev–Trinajstić information content (AvgIpc) is 2.79. The number of likely N-dealkylation sites (N-methyl/N-ethyl adjacent to an activating group) is 1. The Balaban J connectivity index is 1.41. The lowest BCUT2D eigenvalue weighted by atomic mass is 9.96. The van der Waals surface area contributed by atoms with E-state index < -0.39 is 0 Å². The van der Waals surface area contributed by atoms with Gasteiger partial charge >= 0.3 is 0 Å². The van der Waals surface area contributed by atoms with Gasteiger partial charge in [0, 0.05) is 41.6 Å². The number of fused-ring (bicyclic) bond motifs is 1. The first-order chi connectivity index (χ1) is 15.0. The lowest BCUT2D eigenvalue weighted by molar-refractivity contribution is 0.0970. The molecule has 31 heavy (non-hydrogen) atoms. The van der Waals surface area contributed by atoms with Crippen LogP contribution in [0.4, 0.5) is 0 Å². The van der Waals surface area contributed by atoms with Crippen LogP contribution in [0.1, 0.15) is 34.1 Å². The molecule has 7 heteroatoms. The summed E-state index contributed by atoms with van der Waals surface area (Å²) in [5.41, 5.74) is 3.64. The van der Waals surface area contributed by atoms with Crippen molar-refractivity contribution in [3.05, 3.63) is 92.1 Å². The molecule has 0 radical (unpaired) electrons. The second-order valence-electron chi connectivity index (χ2n) is 7.61. The zero-order valence-corrected chi connectivity index (χ0v) is 19.0. The van der Waals surface area contributed by atoms with E-state index in [1.54, 1.807) is 18.5 Å². The van der Waals surface area contributed by atoms with Crippen LogP contribution in [0.25, 0.3) is 0 Å². The normalized spacial score (nSPS) is 13.6. The molecule has 2 aromatic heterocycles. The second kappa shape index (κ2) is 9.58. The van der Waals surface area contributed by atoms with Gasteiger partial charge in [0.2, 0.25) is 0 Å². The van der Waals surface area contributed by atoms with E-state index in [1.807, 2.05) is 30.3 Å². The molecule has 0 unspecified atom stereocenters. The summed E-state index contributed by atoms with van der Waals surface area (Å²) < 4.78 is 7.96. The maximum atomic E-state index is 12.8. The Hall–Kier alpha value is -2.77. The van der Waals surface area contributed by atoms with Gasteiger partial charge in [-0.05, 0) is 64.3 Å². The zero-order valence-electron chi connectivity index (χ0n) is 17.4. The summed E-state index contributed by atoms with van der Waals surface area (Å²) in [6.07, 6.45) is 4.30. The number of pyridine rings is 2. The van der Waals surface area contributed by atoms with Crippen molar-refractivity contribution >= 4 is 21.7 Å². The molecule has 1 aliphatic rings. The Morgan fingerprint density at radius 3 is 2.77 bits per heavy atom. The van der Waals surface area contributed by atoms with E-state index in [4.69, 9.17) is 4.74 Å². The molecule has 0 saturated carbocycles. The summed E-state index contributed by atoms with van der Waals surface area (Å²) in [5.74, 6) is 0.373. The molecule has 0 atom stereocenters. The maximum absolute atomic E-state index is 12.8. The van der Waals surface area contributed by atoms with Gasteiger partial charge in [0.05, 0.1) is 12.2 Å². The number of ketones is 1. The third-order valence-corrected chi connectivity index (χ3v) is 5.99. The number of hydrogen-bond acceptors (Lipinski definition) is 5. The summed E-state index contributed by atoms with van der Waals surface area (Å²) in [7, 11) is 0. The fourth-order valence-electron chi connectivity index (χ4n) is 3.66. The molecule has 0 fully saturated rings. The van der Waals surface area contributed by atoms with Crippen LogP contribution in [0.5, 0.6) is 5.75 Å². The molecular formula is C24H24BrN3O3. The minimum Gasteiger partial charge on any atom is -0.487 e. The lowest BCUT2D eigenvalue weighted by Crippen LogP contribution is -2.30. The van der Waals surface area contributed by atoms with Crippen molar-refractivity contribution in [3.63, 3.8) is 0 Å².